The number of allylic oxidation sites excluding steroid dienone is 1. The number of carbonyl (C=O) groups excluding carboxylic acids is 2. The fraction of sp³-hybridized carbons (Fsp3) is 0.231. The highest BCUT2D eigenvalue weighted by Crippen LogP contribution is 2.22. The number of esters is 1. The van der Waals surface area contributed by atoms with Gasteiger partial charge in [-0.05, 0) is 32.0 Å². The summed E-state index contributed by atoms with van der Waals surface area (Å²) >= 11 is 11.6. The van der Waals surface area contributed by atoms with E-state index in [-0.39, 0.29) is 12.5 Å². The lowest BCUT2D eigenvalue weighted by molar-refractivity contribution is -0.137. The van der Waals surface area contributed by atoms with E-state index in [0.717, 1.165) is 0 Å². The lowest BCUT2D eigenvalue weighted by atomic mass is 10.2. The van der Waals surface area contributed by atoms with Crippen LogP contribution in [-0.4, -0.2) is 18.5 Å². The molecule has 0 bridgehead atoms. The second-order valence-corrected chi connectivity index (χ2v) is 4.48. The summed E-state index contributed by atoms with van der Waals surface area (Å²) < 4.78 is 4.73. The monoisotopic (exact) mass is 301 g/mol. The third-order valence-corrected chi connectivity index (χ3v) is 2.85. The van der Waals surface area contributed by atoms with Gasteiger partial charge in [-0.1, -0.05) is 23.2 Å². The van der Waals surface area contributed by atoms with Crippen LogP contribution in [-0.2, 0) is 9.53 Å². The van der Waals surface area contributed by atoms with E-state index in [9.17, 15) is 9.59 Å². The number of carbonyl (C=O) groups is 2. The summed E-state index contributed by atoms with van der Waals surface area (Å²) in [4.78, 5) is 23.0. The highest BCUT2D eigenvalue weighted by molar-refractivity contribution is 6.42. The van der Waals surface area contributed by atoms with E-state index in [1.807, 2.05) is 0 Å². The first-order valence-corrected chi connectivity index (χ1v) is 6.31. The van der Waals surface area contributed by atoms with Crippen LogP contribution in [0.4, 0.5) is 0 Å². The van der Waals surface area contributed by atoms with Crippen molar-refractivity contribution in [2.24, 2.45) is 0 Å². The highest BCUT2D eigenvalue weighted by atomic mass is 35.5. The van der Waals surface area contributed by atoms with Gasteiger partial charge in [-0.2, -0.15) is 0 Å². The zero-order valence-corrected chi connectivity index (χ0v) is 12.0. The molecule has 102 valence electrons. The van der Waals surface area contributed by atoms with E-state index >= 15 is 0 Å². The summed E-state index contributed by atoms with van der Waals surface area (Å²) in [7, 11) is 0. The third kappa shape index (κ3) is 4.93. The lowest BCUT2D eigenvalue weighted by Gasteiger charge is -2.06. The van der Waals surface area contributed by atoms with Gasteiger partial charge < -0.3 is 10.1 Å². The van der Waals surface area contributed by atoms with Gasteiger partial charge in [0, 0.05) is 17.3 Å². The highest BCUT2D eigenvalue weighted by Gasteiger charge is 2.09. The molecular weight excluding hydrogens is 289 g/mol. The predicted octanol–water partition coefficient (Wildman–Crippen LogP) is 3.19. The number of ether oxygens (including phenoxy) is 1. The molecular formula is C13H13Cl2NO3. The fourth-order valence-corrected chi connectivity index (χ4v) is 1.58. The molecule has 1 aromatic carbocycles. The van der Waals surface area contributed by atoms with Crippen LogP contribution in [0, 0.1) is 0 Å². The van der Waals surface area contributed by atoms with Crippen molar-refractivity contribution in [2.75, 3.05) is 6.61 Å². The van der Waals surface area contributed by atoms with Crippen LogP contribution in [0.3, 0.4) is 0 Å². The zero-order valence-electron chi connectivity index (χ0n) is 10.5. The van der Waals surface area contributed by atoms with Crippen LogP contribution in [0.25, 0.3) is 0 Å². The first-order valence-electron chi connectivity index (χ1n) is 5.55. The molecule has 0 radical (unpaired) electrons. The Labute approximate surface area is 121 Å². The number of rotatable bonds is 4. The molecule has 0 fully saturated rings. The molecule has 0 aliphatic carbocycles. The standard InChI is InChI=1S/C13H13Cl2NO3/c1-3-19-12(17)6-8(2)16-13(18)9-4-5-10(14)11(15)7-9/h4-7H,3H2,1-2H3,(H,16,18)/b8-6+. The SMILES string of the molecule is CCOC(=O)/C=C(\C)NC(=O)c1ccc(Cl)c(Cl)c1. The molecule has 0 spiro atoms. The van der Waals surface area contributed by atoms with E-state index in [1.54, 1.807) is 19.9 Å². The van der Waals surface area contributed by atoms with Crippen LogP contribution in [0.2, 0.25) is 10.0 Å². The second kappa shape index (κ2) is 7.16. The van der Waals surface area contributed by atoms with Gasteiger partial charge in [-0.25, -0.2) is 4.79 Å². The van der Waals surface area contributed by atoms with Crippen molar-refractivity contribution in [1.29, 1.82) is 0 Å². The predicted molar refractivity (Wildman–Crippen MR) is 74.3 cm³/mol. The van der Waals surface area contributed by atoms with Crippen molar-refractivity contribution >= 4 is 35.1 Å². The normalized spacial score (nSPS) is 11.1. The smallest absolute Gasteiger partial charge is 0.332 e. The Balaban J connectivity index is 2.74. The molecule has 0 atom stereocenters. The van der Waals surface area contributed by atoms with E-state index in [4.69, 9.17) is 27.9 Å². The van der Waals surface area contributed by atoms with E-state index in [1.165, 1.54) is 18.2 Å². The quantitative estimate of drug-likeness (QED) is 0.686. The number of amides is 1. The molecule has 1 amide bonds. The molecule has 1 rings (SSSR count). The number of hydrogen-bond acceptors (Lipinski definition) is 3. The minimum absolute atomic E-state index is 0.281. The third-order valence-electron chi connectivity index (χ3n) is 2.11. The molecule has 0 aromatic heterocycles. The lowest BCUT2D eigenvalue weighted by Crippen LogP contribution is -2.22. The van der Waals surface area contributed by atoms with Crippen molar-refractivity contribution in [3.8, 4) is 0 Å². The molecule has 0 aliphatic rings. The number of halogens is 2. The fourth-order valence-electron chi connectivity index (χ4n) is 1.29. The Morgan fingerprint density at radius 1 is 1.32 bits per heavy atom. The van der Waals surface area contributed by atoms with Gasteiger partial charge in [0.15, 0.2) is 0 Å². The van der Waals surface area contributed by atoms with Crippen LogP contribution < -0.4 is 5.32 Å². The Morgan fingerprint density at radius 2 is 2.00 bits per heavy atom. The maximum atomic E-state index is 11.9. The number of benzene rings is 1. The van der Waals surface area contributed by atoms with Crippen molar-refractivity contribution in [1.82, 2.24) is 5.32 Å². The molecule has 1 N–H and O–H groups in total. The summed E-state index contributed by atoms with van der Waals surface area (Å²) in [6, 6.07) is 4.53. The van der Waals surface area contributed by atoms with Gasteiger partial charge in [0.2, 0.25) is 0 Å². The van der Waals surface area contributed by atoms with Crippen molar-refractivity contribution < 1.29 is 14.3 Å². The Bertz CT molecular complexity index is 527. The van der Waals surface area contributed by atoms with Crippen LogP contribution in [0.1, 0.15) is 24.2 Å². The Morgan fingerprint density at radius 3 is 2.58 bits per heavy atom. The van der Waals surface area contributed by atoms with Crippen molar-refractivity contribution in [2.45, 2.75) is 13.8 Å². The average molecular weight is 302 g/mol. The molecule has 0 unspecified atom stereocenters. The topological polar surface area (TPSA) is 55.4 Å². The number of nitrogens with one attached hydrogen (secondary N) is 1. The van der Waals surface area contributed by atoms with Crippen LogP contribution >= 0.6 is 23.2 Å². The van der Waals surface area contributed by atoms with E-state index in [2.05, 4.69) is 5.32 Å². The maximum absolute atomic E-state index is 11.9. The number of hydrogen-bond donors (Lipinski definition) is 1. The molecule has 4 nitrogen and oxygen atoms in total. The molecule has 19 heavy (non-hydrogen) atoms. The summed E-state index contributed by atoms with van der Waals surface area (Å²) in [5.74, 6) is -0.883. The van der Waals surface area contributed by atoms with Crippen molar-refractivity contribution in [3.05, 3.63) is 45.6 Å². The molecule has 0 saturated carbocycles. The second-order valence-electron chi connectivity index (χ2n) is 3.66. The summed E-state index contributed by atoms with van der Waals surface area (Å²) in [6.45, 7) is 3.57. The van der Waals surface area contributed by atoms with Gasteiger partial charge in [0.05, 0.1) is 16.7 Å². The summed E-state index contributed by atoms with van der Waals surface area (Å²) in [5, 5.41) is 3.22. The minimum Gasteiger partial charge on any atom is -0.463 e. The maximum Gasteiger partial charge on any atom is 0.332 e. The summed E-state index contributed by atoms with van der Waals surface area (Å²) in [5.41, 5.74) is 0.737. The van der Waals surface area contributed by atoms with Gasteiger partial charge >= 0.3 is 5.97 Å². The molecule has 6 heteroatoms. The first-order chi connectivity index (χ1) is 8.93. The average Bonchev–Trinajstić information content (AvgIpc) is 2.32. The Hall–Kier alpha value is -1.52. The molecule has 1 aromatic rings. The Kier molecular flexibility index (Phi) is 5.86. The van der Waals surface area contributed by atoms with Crippen molar-refractivity contribution in [3.63, 3.8) is 0 Å². The largest absolute Gasteiger partial charge is 0.463 e. The van der Waals surface area contributed by atoms with Gasteiger partial charge in [0.1, 0.15) is 0 Å². The van der Waals surface area contributed by atoms with Gasteiger partial charge in [-0.15, -0.1) is 0 Å². The van der Waals surface area contributed by atoms with Crippen LogP contribution in [0.15, 0.2) is 30.0 Å². The van der Waals surface area contributed by atoms with Crippen LogP contribution in [0.5, 0.6) is 0 Å². The first kappa shape index (κ1) is 15.5. The van der Waals surface area contributed by atoms with Gasteiger partial charge in [-0.3, -0.25) is 4.79 Å². The minimum atomic E-state index is -0.505. The molecule has 0 heterocycles. The molecule has 0 saturated heterocycles. The summed E-state index contributed by atoms with van der Waals surface area (Å²) in [6.07, 6.45) is 1.21. The molecule has 0 aliphatic heterocycles. The zero-order chi connectivity index (χ0) is 14.4. The van der Waals surface area contributed by atoms with E-state index < -0.39 is 5.97 Å². The van der Waals surface area contributed by atoms with Gasteiger partial charge in [0.25, 0.3) is 5.91 Å². The van der Waals surface area contributed by atoms with E-state index in [0.29, 0.717) is 21.3 Å².